The fraction of sp³-hybridized carbons (Fsp3) is 0.862. The Balaban J connectivity index is 4.24. The van der Waals surface area contributed by atoms with E-state index in [1.807, 2.05) is 0 Å². The van der Waals surface area contributed by atoms with Crippen molar-refractivity contribution < 1.29 is 28.6 Å². The first-order valence-corrected chi connectivity index (χ1v) is 31.5. The Bertz CT molecular complexity index is 1190. The van der Waals surface area contributed by atoms with Gasteiger partial charge in [-0.2, -0.15) is 0 Å². The van der Waals surface area contributed by atoms with Gasteiger partial charge in [0.05, 0.1) is 0 Å². The molecule has 0 aliphatic rings. The molecule has 0 saturated carbocycles. The van der Waals surface area contributed by atoms with Crippen LogP contribution in [0.1, 0.15) is 342 Å². The lowest BCUT2D eigenvalue weighted by atomic mass is 10.0. The molecule has 0 radical (unpaired) electrons. The van der Waals surface area contributed by atoms with Crippen LogP contribution in [0.4, 0.5) is 0 Å². The molecule has 0 saturated heterocycles. The van der Waals surface area contributed by atoms with Crippen LogP contribution in [-0.4, -0.2) is 37.2 Å². The van der Waals surface area contributed by atoms with Gasteiger partial charge in [0, 0.05) is 19.3 Å². The number of hydrogen-bond donors (Lipinski definition) is 0. The number of rotatable bonds is 58. The van der Waals surface area contributed by atoms with E-state index in [2.05, 4.69) is 57.2 Å². The van der Waals surface area contributed by atoms with Crippen LogP contribution in [0.3, 0.4) is 0 Å². The van der Waals surface area contributed by atoms with Gasteiger partial charge in [-0.25, -0.2) is 0 Å². The van der Waals surface area contributed by atoms with Gasteiger partial charge in [0.2, 0.25) is 0 Å². The predicted octanol–water partition coefficient (Wildman–Crippen LogP) is 21.2. The van der Waals surface area contributed by atoms with E-state index in [9.17, 15) is 14.4 Å². The van der Waals surface area contributed by atoms with Crippen LogP contribution in [0, 0.1) is 0 Å². The zero-order valence-corrected chi connectivity index (χ0v) is 47.8. The number of hydrogen-bond acceptors (Lipinski definition) is 6. The topological polar surface area (TPSA) is 78.9 Å². The van der Waals surface area contributed by atoms with Crippen molar-refractivity contribution in [2.75, 3.05) is 13.2 Å². The van der Waals surface area contributed by atoms with E-state index >= 15 is 0 Å². The maximum absolute atomic E-state index is 12.9. The average Bonchev–Trinajstić information content (AvgIpc) is 3.37. The first-order chi connectivity index (χ1) is 35.0. The molecule has 0 bridgehead atoms. The van der Waals surface area contributed by atoms with E-state index < -0.39 is 6.10 Å². The highest BCUT2D eigenvalue weighted by molar-refractivity contribution is 5.71. The Morgan fingerprint density at radius 3 is 0.859 bits per heavy atom. The lowest BCUT2D eigenvalue weighted by molar-refractivity contribution is -0.167. The lowest BCUT2D eigenvalue weighted by Crippen LogP contribution is -2.30. The molecule has 0 aliphatic heterocycles. The molecule has 0 spiro atoms. The second-order valence-corrected chi connectivity index (χ2v) is 21.3. The molecule has 0 amide bonds. The average molecular weight is 998 g/mol. The summed E-state index contributed by atoms with van der Waals surface area (Å²) in [5.41, 5.74) is 0. The van der Waals surface area contributed by atoms with Crippen molar-refractivity contribution in [1.29, 1.82) is 0 Å². The van der Waals surface area contributed by atoms with E-state index in [-0.39, 0.29) is 31.1 Å². The highest BCUT2D eigenvalue weighted by Crippen LogP contribution is 2.18. The van der Waals surface area contributed by atoms with Crippen molar-refractivity contribution >= 4 is 17.9 Å². The summed E-state index contributed by atoms with van der Waals surface area (Å²) >= 11 is 0. The molecule has 0 rings (SSSR count). The fourth-order valence-corrected chi connectivity index (χ4v) is 9.46. The summed E-state index contributed by atoms with van der Waals surface area (Å²) in [5.74, 6) is -0.884. The van der Waals surface area contributed by atoms with E-state index in [0.717, 1.165) is 83.5 Å². The third kappa shape index (κ3) is 58.4. The Morgan fingerprint density at radius 1 is 0.296 bits per heavy atom. The molecule has 0 aromatic rings. The molecule has 71 heavy (non-hydrogen) atoms. The van der Waals surface area contributed by atoms with E-state index in [1.165, 1.54) is 218 Å². The van der Waals surface area contributed by atoms with Gasteiger partial charge in [-0.3, -0.25) is 14.4 Å². The minimum atomic E-state index is -0.780. The fourth-order valence-electron chi connectivity index (χ4n) is 9.46. The van der Waals surface area contributed by atoms with Gasteiger partial charge < -0.3 is 14.2 Å². The second kappa shape index (κ2) is 60.2. The van der Waals surface area contributed by atoms with Crippen LogP contribution in [-0.2, 0) is 28.6 Å². The van der Waals surface area contributed by atoms with Crippen molar-refractivity contribution in [2.45, 2.75) is 348 Å². The van der Waals surface area contributed by atoms with E-state index in [1.54, 1.807) is 0 Å². The quantitative estimate of drug-likeness (QED) is 0.0261. The zero-order valence-electron chi connectivity index (χ0n) is 47.8. The highest BCUT2D eigenvalue weighted by atomic mass is 16.6. The maximum atomic E-state index is 12.9. The number of esters is 3. The van der Waals surface area contributed by atoms with Crippen molar-refractivity contribution in [2.24, 2.45) is 0 Å². The van der Waals surface area contributed by atoms with Crippen LogP contribution in [0.5, 0.6) is 0 Å². The standard InChI is InChI=1S/C65H120O6/c1-4-7-10-13-16-19-22-25-27-29-30-31-32-33-34-35-36-38-40-43-46-49-52-55-58-64(67)70-61-62(60-69-63(66)57-54-51-48-45-42-39-24-21-18-15-12-9-6-3)71-65(68)59-56-53-50-47-44-41-37-28-26-23-20-17-14-11-8-5-2/h9,12,18,21,39,42,62H,4-8,10-11,13-17,19-20,22-38,40-41,43-61H2,1-3H3/b12-9-,21-18-,42-39-. The van der Waals surface area contributed by atoms with Crippen LogP contribution in [0.25, 0.3) is 0 Å². The van der Waals surface area contributed by atoms with Crippen molar-refractivity contribution in [3.63, 3.8) is 0 Å². The van der Waals surface area contributed by atoms with Gasteiger partial charge in [0.25, 0.3) is 0 Å². The molecule has 1 atom stereocenters. The zero-order chi connectivity index (χ0) is 51.4. The minimum Gasteiger partial charge on any atom is -0.462 e. The van der Waals surface area contributed by atoms with Gasteiger partial charge >= 0.3 is 17.9 Å². The molecular weight excluding hydrogens is 877 g/mol. The SMILES string of the molecule is CC/C=C\C/C=C\C/C=C\CCCCCC(=O)OCC(COC(=O)CCCCCCCCCCCCCCCCCCCCCCCCCC)OC(=O)CCCCCCCCCCCCCCCCCC. The number of ether oxygens (including phenoxy) is 3. The van der Waals surface area contributed by atoms with E-state index in [0.29, 0.717) is 19.3 Å². The lowest BCUT2D eigenvalue weighted by Gasteiger charge is -2.18. The summed E-state index contributed by atoms with van der Waals surface area (Å²) in [4.78, 5) is 38.2. The molecule has 0 aromatic carbocycles. The molecule has 0 aromatic heterocycles. The third-order valence-electron chi connectivity index (χ3n) is 14.2. The van der Waals surface area contributed by atoms with Gasteiger partial charge in [-0.05, 0) is 51.4 Å². The van der Waals surface area contributed by atoms with Crippen LogP contribution >= 0.6 is 0 Å². The molecule has 416 valence electrons. The third-order valence-corrected chi connectivity index (χ3v) is 14.2. The van der Waals surface area contributed by atoms with Crippen molar-refractivity contribution in [1.82, 2.24) is 0 Å². The Kier molecular flexibility index (Phi) is 58.2. The summed E-state index contributed by atoms with van der Waals surface area (Å²) in [5, 5.41) is 0. The second-order valence-electron chi connectivity index (χ2n) is 21.3. The van der Waals surface area contributed by atoms with Crippen LogP contribution < -0.4 is 0 Å². The molecule has 6 nitrogen and oxygen atoms in total. The first kappa shape index (κ1) is 68.6. The Hall–Kier alpha value is -2.37. The summed E-state index contributed by atoms with van der Waals surface area (Å²) in [6, 6.07) is 0. The smallest absolute Gasteiger partial charge is 0.306 e. The summed E-state index contributed by atoms with van der Waals surface area (Å²) in [6.07, 6.45) is 73.0. The monoisotopic (exact) mass is 997 g/mol. The largest absolute Gasteiger partial charge is 0.462 e. The molecular formula is C65H120O6. The summed E-state index contributed by atoms with van der Waals surface area (Å²) in [6.45, 7) is 6.56. The van der Waals surface area contributed by atoms with Crippen molar-refractivity contribution in [3.05, 3.63) is 36.5 Å². The predicted molar refractivity (Wildman–Crippen MR) is 307 cm³/mol. The molecule has 0 fully saturated rings. The minimum absolute atomic E-state index is 0.0762. The maximum Gasteiger partial charge on any atom is 0.306 e. The summed E-state index contributed by atoms with van der Waals surface area (Å²) in [7, 11) is 0. The van der Waals surface area contributed by atoms with Crippen LogP contribution in [0.2, 0.25) is 0 Å². The number of allylic oxidation sites excluding steroid dienone is 6. The Morgan fingerprint density at radius 2 is 0.549 bits per heavy atom. The number of carbonyl (C=O) groups excluding carboxylic acids is 3. The normalized spacial score (nSPS) is 12.2. The van der Waals surface area contributed by atoms with Gasteiger partial charge in [-0.15, -0.1) is 0 Å². The molecule has 0 N–H and O–H groups in total. The highest BCUT2D eigenvalue weighted by Gasteiger charge is 2.19. The molecule has 0 heterocycles. The van der Waals surface area contributed by atoms with E-state index in [4.69, 9.17) is 14.2 Å². The van der Waals surface area contributed by atoms with Crippen LogP contribution in [0.15, 0.2) is 36.5 Å². The molecule has 6 heteroatoms. The van der Waals surface area contributed by atoms with Gasteiger partial charge in [-0.1, -0.05) is 308 Å². The number of carbonyl (C=O) groups is 3. The van der Waals surface area contributed by atoms with Crippen molar-refractivity contribution in [3.8, 4) is 0 Å². The first-order valence-electron chi connectivity index (χ1n) is 31.5. The Labute approximate surface area is 442 Å². The summed E-state index contributed by atoms with van der Waals surface area (Å²) < 4.78 is 16.9. The number of unbranched alkanes of at least 4 members (excludes halogenated alkanes) is 41. The van der Waals surface area contributed by atoms with Gasteiger partial charge in [0.15, 0.2) is 6.10 Å². The molecule has 0 aliphatic carbocycles. The molecule has 1 unspecified atom stereocenters. The van der Waals surface area contributed by atoms with Gasteiger partial charge in [0.1, 0.15) is 13.2 Å².